The van der Waals surface area contributed by atoms with Crippen LogP contribution in [-0.2, 0) is 11.2 Å². The third kappa shape index (κ3) is 2.21. The van der Waals surface area contributed by atoms with Gasteiger partial charge in [-0.15, -0.1) is 0 Å². The average molecular weight is 348 g/mol. The van der Waals surface area contributed by atoms with E-state index < -0.39 is 0 Å². The van der Waals surface area contributed by atoms with E-state index in [0.717, 1.165) is 4.90 Å². The van der Waals surface area contributed by atoms with Gasteiger partial charge < -0.3 is 4.42 Å². The number of likely N-dealkylation sites (N-methyl/N-ethyl adjacent to an activating group) is 1. The highest BCUT2D eigenvalue weighted by molar-refractivity contribution is 9.10. The summed E-state index contributed by atoms with van der Waals surface area (Å²) in [6.45, 7) is 0. The third-order valence-corrected chi connectivity index (χ3v) is 4.10. The molecule has 1 aromatic heterocycles. The van der Waals surface area contributed by atoms with Gasteiger partial charge in [0.15, 0.2) is 10.5 Å². The lowest BCUT2D eigenvalue weighted by molar-refractivity contribution is -0.127. The molecule has 0 radical (unpaired) electrons. The Balaban J connectivity index is 2.04. The first kappa shape index (κ1) is 13.8. The lowest BCUT2D eigenvalue weighted by Crippen LogP contribution is -2.39. The Morgan fingerprint density at radius 2 is 2.05 bits per heavy atom. The fourth-order valence-electron chi connectivity index (χ4n) is 2.26. The fraction of sp³-hybridized carbons (Fsp3) is 0.133. The molecule has 21 heavy (non-hydrogen) atoms. The predicted octanol–water partition coefficient (Wildman–Crippen LogP) is 2.43. The van der Waals surface area contributed by atoms with Crippen LogP contribution in [-0.4, -0.2) is 29.5 Å². The lowest BCUT2D eigenvalue weighted by Gasteiger charge is -2.23. The molecule has 1 aliphatic rings. The number of halogens is 1. The molecular formula is C15H10BrNO4. The van der Waals surface area contributed by atoms with Crippen molar-refractivity contribution in [2.75, 3.05) is 7.05 Å². The number of benzene rings is 1. The van der Waals surface area contributed by atoms with E-state index in [1.165, 1.54) is 19.4 Å². The molecule has 0 aliphatic carbocycles. The molecule has 3 rings (SSSR count). The highest BCUT2D eigenvalue weighted by Gasteiger charge is 2.29. The fourth-order valence-corrected chi connectivity index (χ4v) is 2.68. The minimum atomic E-state index is -0.387. The van der Waals surface area contributed by atoms with Crippen molar-refractivity contribution in [2.24, 2.45) is 0 Å². The molecule has 0 N–H and O–H groups in total. The Labute approximate surface area is 128 Å². The number of hydrogen-bond donors (Lipinski definition) is 0. The number of rotatable bonds is 2. The van der Waals surface area contributed by atoms with Gasteiger partial charge in [-0.25, -0.2) is 0 Å². The number of carbonyl (C=O) groups is 3. The highest BCUT2D eigenvalue weighted by atomic mass is 79.9. The number of nitrogens with zero attached hydrogens (tertiary/aromatic N) is 1. The van der Waals surface area contributed by atoms with Crippen molar-refractivity contribution >= 4 is 33.5 Å². The van der Waals surface area contributed by atoms with Crippen molar-refractivity contribution in [3.8, 4) is 0 Å². The zero-order valence-corrected chi connectivity index (χ0v) is 12.6. The van der Waals surface area contributed by atoms with E-state index in [2.05, 4.69) is 15.9 Å². The predicted molar refractivity (Wildman–Crippen MR) is 77.1 cm³/mol. The summed E-state index contributed by atoms with van der Waals surface area (Å²) in [6, 6.07) is 6.36. The second-order valence-electron chi connectivity index (χ2n) is 4.74. The number of imide groups is 1. The summed E-state index contributed by atoms with van der Waals surface area (Å²) in [4.78, 5) is 37.2. The van der Waals surface area contributed by atoms with Crippen LogP contribution >= 0.6 is 15.9 Å². The van der Waals surface area contributed by atoms with Crippen LogP contribution in [0.15, 0.2) is 39.6 Å². The Bertz CT molecular complexity index is 778. The molecule has 106 valence electrons. The number of hydrogen-bond acceptors (Lipinski definition) is 4. The molecule has 1 aliphatic heterocycles. The summed E-state index contributed by atoms with van der Waals surface area (Å²) in [5, 5.41) is 0. The Kier molecular flexibility index (Phi) is 3.25. The molecular weight excluding hydrogens is 338 g/mol. The van der Waals surface area contributed by atoms with E-state index in [0.29, 0.717) is 26.9 Å². The summed E-state index contributed by atoms with van der Waals surface area (Å²) in [7, 11) is 1.44. The Morgan fingerprint density at radius 1 is 1.29 bits per heavy atom. The molecule has 0 atom stereocenters. The Hall–Kier alpha value is -2.21. The van der Waals surface area contributed by atoms with Crippen LogP contribution < -0.4 is 0 Å². The highest BCUT2D eigenvalue weighted by Crippen LogP contribution is 2.25. The first-order chi connectivity index (χ1) is 9.99. The molecule has 2 heterocycles. The van der Waals surface area contributed by atoms with E-state index in [1.54, 1.807) is 18.2 Å². The SMILES string of the molecule is CN1C(=O)Cc2ccc(C(=O)c3ccoc3Br)cc2C1=O. The molecule has 0 saturated heterocycles. The normalized spacial score (nSPS) is 14.3. The van der Waals surface area contributed by atoms with E-state index in [1.807, 2.05) is 0 Å². The molecule has 2 aromatic rings. The van der Waals surface area contributed by atoms with Gasteiger partial charge in [0.25, 0.3) is 5.91 Å². The maximum Gasteiger partial charge on any atom is 0.260 e. The smallest absolute Gasteiger partial charge is 0.260 e. The maximum absolute atomic E-state index is 12.4. The summed E-state index contributed by atoms with van der Waals surface area (Å²) in [5.41, 5.74) is 1.81. The molecule has 0 spiro atoms. The summed E-state index contributed by atoms with van der Waals surface area (Å²) in [6.07, 6.45) is 1.58. The first-order valence-electron chi connectivity index (χ1n) is 6.20. The van der Waals surface area contributed by atoms with Gasteiger partial charge in [-0.05, 0) is 33.6 Å². The van der Waals surface area contributed by atoms with Gasteiger partial charge in [0.2, 0.25) is 5.91 Å². The van der Waals surface area contributed by atoms with Gasteiger partial charge in [0, 0.05) is 18.2 Å². The summed E-state index contributed by atoms with van der Waals surface area (Å²) < 4.78 is 5.40. The second-order valence-corrected chi connectivity index (χ2v) is 5.46. The van der Waals surface area contributed by atoms with Crippen LogP contribution in [0.25, 0.3) is 0 Å². The van der Waals surface area contributed by atoms with Crippen LogP contribution in [0.3, 0.4) is 0 Å². The molecule has 1 aromatic carbocycles. The van der Waals surface area contributed by atoms with Gasteiger partial charge in [-0.3, -0.25) is 19.3 Å². The summed E-state index contributed by atoms with van der Waals surface area (Å²) >= 11 is 3.16. The van der Waals surface area contributed by atoms with Crippen LogP contribution in [0.1, 0.15) is 31.8 Å². The zero-order valence-electron chi connectivity index (χ0n) is 11.1. The van der Waals surface area contributed by atoms with Crippen LogP contribution in [0, 0.1) is 0 Å². The molecule has 5 nitrogen and oxygen atoms in total. The van der Waals surface area contributed by atoms with Gasteiger partial charge >= 0.3 is 0 Å². The van der Waals surface area contributed by atoms with Crippen molar-refractivity contribution in [3.63, 3.8) is 0 Å². The van der Waals surface area contributed by atoms with E-state index in [4.69, 9.17) is 4.42 Å². The quantitative estimate of drug-likeness (QED) is 0.618. The lowest BCUT2D eigenvalue weighted by atomic mass is 9.94. The number of furan rings is 1. The molecule has 6 heteroatoms. The van der Waals surface area contributed by atoms with E-state index in [9.17, 15) is 14.4 Å². The van der Waals surface area contributed by atoms with Crippen molar-refractivity contribution in [1.29, 1.82) is 0 Å². The van der Waals surface area contributed by atoms with E-state index >= 15 is 0 Å². The number of amides is 2. The number of carbonyl (C=O) groups excluding carboxylic acids is 3. The molecule has 0 saturated carbocycles. The zero-order chi connectivity index (χ0) is 15.1. The maximum atomic E-state index is 12.4. The minimum absolute atomic E-state index is 0.168. The molecule has 0 bridgehead atoms. The summed E-state index contributed by atoms with van der Waals surface area (Å²) in [5.74, 6) is -0.878. The minimum Gasteiger partial charge on any atom is -0.457 e. The average Bonchev–Trinajstić information content (AvgIpc) is 2.90. The van der Waals surface area contributed by atoms with Gasteiger partial charge in [0.05, 0.1) is 18.2 Å². The number of ketones is 1. The second kappa shape index (κ2) is 4.96. The van der Waals surface area contributed by atoms with Crippen molar-refractivity contribution < 1.29 is 18.8 Å². The van der Waals surface area contributed by atoms with Crippen molar-refractivity contribution in [3.05, 3.63) is 57.5 Å². The molecule has 2 amide bonds. The first-order valence-corrected chi connectivity index (χ1v) is 7.00. The molecule has 0 unspecified atom stereocenters. The monoisotopic (exact) mass is 347 g/mol. The van der Waals surface area contributed by atoms with Crippen LogP contribution in [0.5, 0.6) is 0 Å². The van der Waals surface area contributed by atoms with Crippen LogP contribution in [0.4, 0.5) is 0 Å². The van der Waals surface area contributed by atoms with Crippen molar-refractivity contribution in [1.82, 2.24) is 4.90 Å². The third-order valence-electron chi connectivity index (χ3n) is 3.49. The standard InChI is InChI=1S/C15H10BrNO4/c1-17-12(18)7-8-2-3-9(6-11(8)15(17)20)13(19)10-4-5-21-14(10)16/h2-6H,7H2,1H3. The van der Waals surface area contributed by atoms with Crippen LogP contribution in [0.2, 0.25) is 0 Å². The largest absolute Gasteiger partial charge is 0.457 e. The Morgan fingerprint density at radius 3 is 2.71 bits per heavy atom. The van der Waals surface area contributed by atoms with E-state index in [-0.39, 0.29) is 24.0 Å². The topological polar surface area (TPSA) is 67.6 Å². The molecule has 0 fully saturated rings. The van der Waals surface area contributed by atoms with Gasteiger partial charge in [-0.1, -0.05) is 12.1 Å². The van der Waals surface area contributed by atoms with Gasteiger partial charge in [0.1, 0.15) is 0 Å². The van der Waals surface area contributed by atoms with Gasteiger partial charge in [-0.2, -0.15) is 0 Å². The number of fused-ring (bicyclic) bond motifs is 1. The van der Waals surface area contributed by atoms with Crippen molar-refractivity contribution in [2.45, 2.75) is 6.42 Å².